The Labute approximate surface area is 78.2 Å². The summed E-state index contributed by atoms with van der Waals surface area (Å²) in [5, 5.41) is 0. The topological polar surface area (TPSA) is 46.3 Å². The fraction of sp³-hybridized carbons (Fsp3) is 0.300. The number of carbonyl (C=O) groups is 1. The number of rotatable bonds is 2. The Kier molecular flexibility index (Phi) is 2.90. The molecule has 0 atom stereocenters. The zero-order valence-electron chi connectivity index (χ0n) is 7.95. The van der Waals surface area contributed by atoms with Crippen LogP contribution in [0.3, 0.4) is 0 Å². The van der Waals surface area contributed by atoms with Crippen LogP contribution in [0.4, 0.5) is 5.69 Å². The molecule has 0 fully saturated rings. The molecular formula is C10H14N2O. The Morgan fingerprint density at radius 1 is 1.38 bits per heavy atom. The largest absolute Gasteiger partial charge is 0.399 e. The van der Waals surface area contributed by atoms with E-state index >= 15 is 0 Å². The lowest BCUT2D eigenvalue weighted by atomic mass is 10.2. The zero-order chi connectivity index (χ0) is 9.84. The van der Waals surface area contributed by atoms with Gasteiger partial charge in [0.25, 0.3) is 0 Å². The minimum atomic E-state index is 0.0665. The molecule has 0 aliphatic carbocycles. The third kappa shape index (κ3) is 2.78. The van der Waals surface area contributed by atoms with Crippen molar-refractivity contribution in [3.05, 3.63) is 29.8 Å². The van der Waals surface area contributed by atoms with E-state index in [1.165, 1.54) is 0 Å². The first kappa shape index (κ1) is 9.58. The third-order valence-electron chi connectivity index (χ3n) is 1.94. The molecule has 0 heterocycles. The molecule has 0 saturated heterocycles. The Bertz CT molecular complexity index is 292. The van der Waals surface area contributed by atoms with Crippen molar-refractivity contribution in [2.45, 2.75) is 13.5 Å². The van der Waals surface area contributed by atoms with E-state index in [9.17, 15) is 4.79 Å². The molecule has 0 aliphatic heterocycles. The SMILES string of the molecule is CC(=O)N(C)Cc1ccc(N)cc1. The summed E-state index contributed by atoms with van der Waals surface area (Å²) in [7, 11) is 1.78. The monoisotopic (exact) mass is 178 g/mol. The van der Waals surface area contributed by atoms with Gasteiger partial charge in [-0.25, -0.2) is 0 Å². The molecule has 70 valence electrons. The average molecular weight is 178 g/mol. The zero-order valence-corrected chi connectivity index (χ0v) is 7.95. The van der Waals surface area contributed by atoms with Gasteiger partial charge in [0.05, 0.1) is 0 Å². The van der Waals surface area contributed by atoms with Crippen molar-refractivity contribution in [2.75, 3.05) is 12.8 Å². The fourth-order valence-corrected chi connectivity index (χ4v) is 1.01. The second-order valence-electron chi connectivity index (χ2n) is 3.12. The van der Waals surface area contributed by atoms with E-state index in [2.05, 4.69) is 0 Å². The second kappa shape index (κ2) is 3.94. The lowest BCUT2D eigenvalue weighted by molar-refractivity contribution is -0.128. The predicted octanol–water partition coefficient (Wildman–Crippen LogP) is 1.25. The summed E-state index contributed by atoms with van der Waals surface area (Å²) in [5.74, 6) is 0.0665. The maximum absolute atomic E-state index is 10.9. The van der Waals surface area contributed by atoms with E-state index in [-0.39, 0.29) is 5.91 Å². The average Bonchev–Trinajstić information content (AvgIpc) is 2.08. The number of hydrogen-bond donors (Lipinski definition) is 1. The molecule has 0 unspecified atom stereocenters. The summed E-state index contributed by atoms with van der Waals surface area (Å²) in [6.07, 6.45) is 0. The van der Waals surface area contributed by atoms with Crippen molar-refractivity contribution >= 4 is 11.6 Å². The van der Waals surface area contributed by atoms with Gasteiger partial charge in [0.1, 0.15) is 0 Å². The van der Waals surface area contributed by atoms with E-state index in [1.54, 1.807) is 18.9 Å². The van der Waals surface area contributed by atoms with Crippen molar-refractivity contribution in [3.8, 4) is 0 Å². The Hall–Kier alpha value is -1.51. The van der Waals surface area contributed by atoms with Gasteiger partial charge >= 0.3 is 0 Å². The molecule has 3 heteroatoms. The standard InChI is InChI=1S/C10H14N2O/c1-8(13)12(2)7-9-3-5-10(11)6-4-9/h3-6H,7,11H2,1-2H3. The van der Waals surface area contributed by atoms with E-state index in [1.807, 2.05) is 24.3 Å². The molecular weight excluding hydrogens is 164 g/mol. The number of nitrogens with two attached hydrogens (primary N) is 1. The summed E-state index contributed by atoms with van der Waals surface area (Å²) in [6, 6.07) is 7.52. The highest BCUT2D eigenvalue weighted by Gasteiger charge is 2.02. The van der Waals surface area contributed by atoms with Crippen LogP contribution in [-0.2, 0) is 11.3 Å². The summed E-state index contributed by atoms with van der Waals surface area (Å²) >= 11 is 0. The van der Waals surface area contributed by atoms with Crippen molar-refractivity contribution in [2.24, 2.45) is 0 Å². The lowest BCUT2D eigenvalue weighted by Crippen LogP contribution is -2.22. The molecule has 3 nitrogen and oxygen atoms in total. The summed E-state index contributed by atoms with van der Waals surface area (Å²) in [5.41, 5.74) is 7.37. The number of benzene rings is 1. The minimum absolute atomic E-state index is 0.0665. The molecule has 0 spiro atoms. The maximum atomic E-state index is 10.9. The molecule has 1 aromatic carbocycles. The quantitative estimate of drug-likeness (QED) is 0.693. The highest BCUT2D eigenvalue weighted by atomic mass is 16.2. The van der Waals surface area contributed by atoms with Crippen LogP contribution >= 0.6 is 0 Å². The number of anilines is 1. The van der Waals surface area contributed by atoms with Gasteiger partial charge in [0.2, 0.25) is 5.91 Å². The molecule has 0 aliphatic rings. The van der Waals surface area contributed by atoms with Crippen LogP contribution in [0.25, 0.3) is 0 Å². The van der Waals surface area contributed by atoms with Crippen LogP contribution in [0.2, 0.25) is 0 Å². The van der Waals surface area contributed by atoms with Crippen molar-refractivity contribution in [1.29, 1.82) is 0 Å². The molecule has 1 amide bonds. The van der Waals surface area contributed by atoms with Crippen LogP contribution in [0.1, 0.15) is 12.5 Å². The summed E-state index contributed by atoms with van der Waals surface area (Å²) in [6.45, 7) is 2.19. The number of carbonyl (C=O) groups excluding carboxylic acids is 1. The summed E-state index contributed by atoms with van der Waals surface area (Å²) in [4.78, 5) is 12.6. The Morgan fingerprint density at radius 3 is 2.38 bits per heavy atom. The van der Waals surface area contributed by atoms with Gasteiger partial charge in [-0.2, -0.15) is 0 Å². The number of hydrogen-bond acceptors (Lipinski definition) is 2. The first-order valence-corrected chi connectivity index (χ1v) is 4.15. The van der Waals surface area contributed by atoms with Gasteiger partial charge in [0.15, 0.2) is 0 Å². The van der Waals surface area contributed by atoms with Gasteiger partial charge in [-0.05, 0) is 17.7 Å². The molecule has 0 saturated carbocycles. The van der Waals surface area contributed by atoms with Crippen LogP contribution in [-0.4, -0.2) is 17.9 Å². The van der Waals surface area contributed by atoms with Gasteiger partial charge < -0.3 is 10.6 Å². The molecule has 1 rings (SSSR count). The van der Waals surface area contributed by atoms with Crippen LogP contribution in [0, 0.1) is 0 Å². The van der Waals surface area contributed by atoms with Crippen LogP contribution < -0.4 is 5.73 Å². The normalized spacial score (nSPS) is 9.69. The fourth-order valence-electron chi connectivity index (χ4n) is 1.01. The predicted molar refractivity (Wildman–Crippen MR) is 53.0 cm³/mol. The molecule has 0 bridgehead atoms. The van der Waals surface area contributed by atoms with Gasteiger partial charge in [-0.1, -0.05) is 12.1 Å². The maximum Gasteiger partial charge on any atom is 0.219 e. The molecule has 13 heavy (non-hydrogen) atoms. The molecule has 1 aromatic rings. The minimum Gasteiger partial charge on any atom is -0.399 e. The van der Waals surface area contributed by atoms with E-state index in [0.29, 0.717) is 6.54 Å². The molecule has 0 radical (unpaired) electrons. The Morgan fingerprint density at radius 2 is 1.92 bits per heavy atom. The van der Waals surface area contributed by atoms with E-state index < -0.39 is 0 Å². The number of nitrogens with zero attached hydrogens (tertiary/aromatic N) is 1. The van der Waals surface area contributed by atoms with E-state index in [0.717, 1.165) is 11.3 Å². The van der Waals surface area contributed by atoms with Crippen LogP contribution in [0.15, 0.2) is 24.3 Å². The third-order valence-corrected chi connectivity index (χ3v) is 1.94. The van der Waals surface area contributed by atoms with E-state index in [4.69, 9.17) is 5.73 Å². The summed E-state index contributed by atoms with van der Waals surface area (Å²) < 4.78 is 0. The second-order valence-corrected chi connectivity index (χ2v) is 3.12. The molecule has 2 N–H and O–H groups in total. The smallest absolute Gasteiger partial charge is 0.219 e. The van der Waals surface area contributed by atoms with Crippen molar-refractivity contribution in [3.63, 3.8) is 0 Å². The van der Waals surface area contributed by atoms with Crippen molar-refractivity contribution in [1.82, 2.24) is 4.90 Å². The first-order valence-electron chi connectivity index (χ1n) is 4.15. The first-order chi connectivity index (χ1) is 6.09. The number of amides is 1. The van der Waals surface area contributed by atoms with Gasteiger partial charge in [-0.3, -0.25) is 4.79 Å². The Balaban J connectivity index is 2.64. The lowest BCUT2D eigenvalue weighted by Gasteiger charge is -2.14. The van der Waals surface area contributed by atoms with Gasteiger partial charge in [-0.15, -0.1) is 0 Å². The highest BCUT2D eigenvalue weighted by molar-refractivity contribution is 5.72. The van der Waals surface area contributed by atoms with Gasteiger partial charge in [0, 0.05) is 26.2 Å². The number of nitrogen functional groups attached to an aromatic ring is 1. The van der Waals surface area contributed by atoms with Crippen LogP contribution in [0.5, 0.6) is 0 Å². The van der Waals surface area contributed by atoms with Crippen molar-refractivity contribution < 1.29 is 4.79 Å². The molecule has 0 aromatic heterocycles. The highest BCUT2D eigenvalue weighted by Crippen LogP contribution is 2.07.